The van der Waals surface area contributed by atoms with Crippen LogP contribution in [0.3, 0.4) is 0 Å². The molecule has 0 aromatic carbocycles. The molecule has 0 radical (unpaired) electrons. The molecule has 0 aromatic heterocycles. The van der Waals surface area contributed by atoms with Gasteiger partial charge in [-0.1, -0.05) is 19.8 Å². The molecular formula is C10H21NO4S2. The maximum absolute atomic E-state index is 12.1. The van der Waals surface area contributed by atoms with Crippen LogP contribution in [-0.2, 0) is 19.9 Å². The van der Waals surface area contributed by atoms with E-state index in [2.05, 4.69) is 6.92 Å². The number of hydrogen-bond acceptors (Lipinski definition) is 4. The van der Waals surface area contributed by atoms with E-state index >= 15 is 0 Å². The molecule has 1 fully saturated rings. The average molecular weight is 283 g/mol. The molecule has 0 amide bonds. The molecule has 0 bridgehead atoms. The summed E-state index contributed by atoms with van der Waals surface area (Å²) in [5.74, 6) is -0.215. The van der Waals surface area contributed by atoms with E-state index in [0.29, 0.717) is 6.54 Å². The Morgan fingerprint density at radius 1 is 1.29 bits per heavy atom. The van der Waals surface area contributed by atoms with E-state index in [1.165, 1.54) is 11.4 Å². The first kappa shape index (κ1) is 14.9. The van der Waals surface area contributed by atoms with Crippen LogP contribution in [0.25, 0.3) is 0 Å². The lowest BCUT2D eigenvalue weighted by Crippen LogP contribution is -2.37. The number of rotatable bonds is 6. The smallest absolute Gasteiger partial charge is 0.217 e. The van der Waals surface area contributed by atoms with Crippen LogP contribution in [-0.4, -0.2) is 51.5 Å². The summed E-state index contributed by atoms with van der Waals surface area (Å²) in [6.07, 6.45) is 3.09. The normalized spacial score (nSPS) is 24.3. The van der Waals surface area contributed by atoms with Gasteiger partial charge in [-0.25, -0.2) is 21.1 Å². The Labute approximate surface area is 104 Å². The molecule has 1 aliphatic heterocycles. The summed E-state index contributed by atoms with van der Waals surface area (Å²) in [7, 11) is -5.04. The van der Waals surface area contributed by atoms with Crippen molar-refractivity contribution in [1.29, 1.82) is 0 Å². The second-order valence-corrected chi connectivity index (χ2v) is 9.15. The third kappa shape index (κ3) is 3.93. The second-order valence-electron chi connectivity index (χ2n) is 4.60. The van der Waals surface area contributed by atoms with Crippen LogP contribution in [0, 0.1) is 0 Å². The summed E-state index contributed by atoms with van der Waals surface area (Å²) >= 11 is 0. The Balaban J connectivity index is 2.62. The summed E-state index contributed by atoms with van der Waals surface area (Å²) in [5.41, 5.74) is 0. The molecule has 1 heterocycles. The summed E-state index contributed by atoms with van der Waals surface area (Å²) in [6.45, 7) is 2.53. The van der Waals surface area contributed by atoms with Gasteiger partial charge in [-0.2, -0.15) is 0 Å². The molecule has 0 N–H and O–H groups in total. The zero-order valence-corrected chi connectivity index (χ0v) is 12.1. The fourth-order valence-corrected chi connectivity index (χ4v) is 6.27. The van der Waals surface area contributed by atoms with Gasteiger partial charge in [-0.15, -0.1) is 0 Å². The minimum Gasteiger partial charge on any atom is -0.229 e. The van der Waals surface area contributed by atoms with Crippen LogP contribution >= 0.6 is 0 Å². The van der Waals surface area contributed by atoms with E-state index in [4.69, 9.17) is 0 Å². The summed E-state index contributed by atoms with van der Waals surface area (Å²) in [4.78, 5) is 0. The molecule has 1 rings (SSSR count). The molecular weight excluding hydrogens is 262 g/mol. The van der Waals surface area contributed by atoms with Gasteiger partial charge < -0.3 is 0 Å². The minimum atomic E-state index is -3.44. The van der Waals surface area contributed by atoms with Crippen molar-refractivity contribution in [3.8, 4) is 0 Å². The lowest BCUT2D eigenvalue weighted by Gasteiger charge is -2.20. The van der Waals surface area contributed by atoms with Crippen molar-refractivity contribution in [2.24, 2.45) is 0 Å². The van der Waals surface area contributed by atoms with Crippen LogP contribution in [0.4, 0.5) is 0 Å². The molecule has 102 valence electrons. The molecule has 1 atom stereocenters. The van der Waals surface area contributed by atoms with Crippen molar-refractivity contribution < 1.29 is 16.8 Å². The third-order valence-electron chi connectivity index (χ3n) is 3.12. The number of sulfonamides is 1. The lowest BCUT2D eigenvalue weighted by atomic mass is 10.2. The van der Waals surface area contributed by atoms with Gasteiger partial charge in [-0.3, -0.25) is 0 Å². The van der Waals surface area contributed by atoms with Gasteiger partial charge in [0, 0.05) is 13.6 Å². The maximum atomic E-state index is 12.1. The first-order valence-electron chi connectivity index (χ1n) is 5.95. The molecule has 0 unspecified atom stereocenters. The Morgan fingerprint density at radius 2 is 1.94 bits per heavy atom. The van der Waals surface area contributed by atoms with E-state index in [0.717, 1.165) is 19.3 Å². The topological polar surface area (TPSA) is 71.5 Å². The van der Waals surface area contributed by atoms with Crippen molar-refractivity contribution in [2.45, 2.75) is 37.9 Å². The van der Waals surface area contributed by atoms with Crippen molar-refractivity contribution in [3.05, 3.63) is 0 Å². The quantitative estimate of drug-likeness (QED) is 0.670. The molecule has 0 spiro atoms. The first-order chi connectivity index (χ1) is 7.79. The molecule has 1 saturated heterocycles. The second kappa shape index (κ2) is 5.67. The van der Waals surface area contributed by atoms with Gasteiger partial charge in [-0.05, 0) is 12.8 Å². The highest BCUT2D eigenvalue weighted by molar-refractivity contribution is 7.95. The molecule has 5 nitrogen and oxygen atoms in total. The largest absolute Gasteiger partial charge is 0.229 e. The predicted octanol–water partition coefficient (Wildman–Crippen LogP) is 0.625. The Bertz CT molecular complexity index is 441. The van der Waals surface area contributed by atoms with Gasteiger partial charge in [0.2, 0.25) is 10.0 Å². The molecule has 1 aliphatic rings. The van der Waals surface area contributed by atoms with E-state index in [-0.39, 0.29) is 17.9 Å². The van der Waals surface area contributed by atoms with Crippen molar-refractivity contribution in [2.75, 3.05) is 25.1 Å². The maximum Gasteiger partial charge on any atom is 0.217 e. The lowest BCUT2D eigenvalue weighted by molar-refractivity contribution is 0.446. The van der Waals surface area contributed by atoms with Gasteiger partial charge >= 0.3 is 0 Å². The molecule has 0 aliphatic carbocycles. The SMILES string of the molecule is CCCCCN(C)S(=O)(=O)[C@H]1CCS(=O)(=O)C1. The first-order valence-corrected chi connectivity index (χ1v) is 9.27. The minimum absolute atomic E-state index is 0.000301. The Kier molecular flexibility index (Phi) is 4.97. The average Bonchev–Trinajstić information content (AvgIpc) is 2.59. The fourth-order valence-electron chi connectivity index (χ4n) is 1.96. The van der Waals surface area contributed by atoms with E-state index in [1.807, 2.05) is 0 Å². The van der Waals surface area contributed by atoms with Gasteiger partial charge in [0.25, 0.3) is 0 Å². The van der Waals surface area contributed by atoms with Gasteiger partial charge in [0.15, 0.2) is 9.84 Å². The molecule has 0 aromatic rings. The molecule has 0 saturated carbocycles. The Hall–Kier alpha value is -0.140. The number of hydrogen-bond donors (Lipinski definition) is 0. The van der Waals surface area contributed by atoms with E-state index < -0.39 is 25.1 Å². The monoisotopic (exact) mass is 283 g/mol. The van der Waals surface area contributed by atoms with Crippen LogP contribution in [0.5, 0.6) is 0 Å². The van der Waals surface area contributed by atoms with Gasteiger partial charge in [0.1, 0.15) is 0 Å². The van der Waals surface area contributed by atoms with Crippen LogP contribution < -0.4 is 0 Å². The van der Waals surface area contributed by atoms with E-state index in [9.17, 15) is 16.8 Å². The number of sulfone groups is 1. The van der Waals surface area contributed by atoms with E-state index in [1.54, 1.807) is 0 Å². The summed E-state index contributed by atoms with van der Waals surface area (Å²) < 4.78 is 48.0. The third-order valence-corrected chi connectivity index (χ3v) is 7.40. The standard InChI is InChI=1S/C10H21NO4S2/c1-3-4-5-7-11(2)17(14,15)10-6-8-16(12,13)9-10/h10H,3-9H2,1-2H3/t10-/m0/s1. The van der Waals surface area contributed by atoms with Crippen LogP contribution in [0.15, 0.2) is 0 Å². The highest BCUT2D eigenvalue weighted by Crippen LogP contribution is 2.21. The molecule has 7 heteroatoms. The summed E-state index contributed by atoms with van der Waals surface area (Å²) in [5, 5.41) is -0.737. The zero-order valence-electron chi connectivity index (χ0n) is 10.4. The Morgan fingerprint density at radius 3 is 2.41 bits per heavy atom. The number of unbranched alkanes of at least 4 members (excludes halogenated alkanes) is 2. The van der Waals surface area contributed by atoms with Crippen LogP contribution in [0.1, 0.15) is 32.6 Å². The van der Waals surface area contributed by atoms with Crippen molar-refractivity contribution in [1.82, 2.24) is 4.31 Å². The van der Waals surface area contributed by atoms with Crippen molar-refractivity contribution in [3.63, 3.8) is 0 Å². The zero-order chi connectivity index (χ0) is 13.1. The fraction of sp³-hybridized carbons (Fsp3) is 1.00. The highest BCUT2D eigenvalue weighted by atomic mass is 32.2. The highest BCUT2D eigenvalue weighted by Gasteiger charge is 2.38. The number of nitrogens with zero attached hydrogens (tertiary/aromatic N) is 1. The van der Waals surface area contributed by atoms with Crippen LogP contribution in [0.2, 0.25) is 0 Å². The van der Waals surface area contributed by atoms with Gasteiger partial charge in [0.05, 0.1) is 16.8 Å². The summed E-state index contributed by atoms with van der Waals surface area (Å²) in [6, 6.07) is 0. The predicted molar refractivity (Wildman–Crippen MR) is 68.1 cm³/mol. The van der Waals surface area contributed by atoms with Crippen molar-refractivity contribution >= 4 is 19.9 Å². The molecule has 17 heavy (non-hydrogen) atoms.